The summed E-state index contributed by atoms with van der Waals surface area (Å²) in [7, 11) is 0. The fraction of sp³-hybridized carbons (Fsp3) is 0.800. The van der Waals surface area contributed by atoms with Gasteiger partial charge in [-0.3, -0.25) is 0 Å². The second kappa shape index (κ2) is 4.32. The number of ether oxygens (including phenoxy) is 2. The first-order valence-corrected chi connectivity index (χ1v) is 7.19. The molecule has 19 heavy (non-hydrogen) atoms. The van der Waals surface area contributed by atoms with E-state index in [4.69, 9.17) is 9.47 Å². The van der Waals surface area contributed by atoms with Crippen LogP contribution in [0, 0.1) is 11.8 Å². The molecular weight excluding hydrogens is 244 g/mol. The number of hydrogen-bond donors (Lipinski definition) is 1. The monoisotopic (exact) mass is 266 g/mol. The van der Waals surface area contributed by atoms with Gasteiger partial charge in [0.2, 0.25) is 0 Å². The van der Waals surface area contributed by atoms with Gasteiger partial charge >= 0.3 is 5.97 Å². The normalized spacial score (nSPS) is 50.2. The van der Waals surface area contributed by atoms with Crippen LogP contribution in [0.2, 0.25) is 0 Å². The lowest BCUT2D eigenvalue weighted by Crippen LogP contribution is -2.47. The fourth-order valence-electron chi connectivity index (χ4n) is 4.02. The molecule has 0 amide bonds. The van der Waals surface area contributed by atoms with E-state index in [9.17, 15) is 9.90 Å². The smallest absolute Gasteiger partial charge is 0.334 e. The maximum atomic E-state index is 11.6. The van der Waals surface area contributed by atoms with Crippen molar-refractivity contribution in [3.63, 3.8) is 0 Å². The minimum absolute atomic E-state index is 0.0520. The lowest BCUT2D eigenvalue weighted by atomic mass is 9.80. The maximum Gasteiger partial charge on any atom is 0.334 e. The molecule has 1 saturated carbocycles. The average molecular weight is 266 g/mol. The molecule has 2 saturated heterocycles. The third-order valence-corrected chi connectivity index (χ3v) is 5.24. The Morgan fingerprint density at radius 1 is 1.37 bits per heavy atom. The summed E-state index contributed by atoms with van der Waals surface area (Å²) in [6.45, 7) is 7.97. The number of fused-ring (bicyclic) bond motifs is 1. The molecule has 0 bridgehead atoms. The van der Waals surface area contributed by atoms with E-state index in [1.165, 1.54) is 0 Å². The molecule has 0 radical (unpaired) electrons. The summed E-state index contributed by atoms with van der Waals surface area (Å²) in [5.74, 6) is -0.170. The average Bonchev–Trinajstić information content (AvgIpc) is 2.83. The van der Waals surface area contributed by atoms with Crippen LogP contribution in [-0.2, 0) is 14.3 Å². The van der Waals surface area contributed by atoms with Crippen LogP contribution in [0.4, 0.5) is 0 Å². The zero-order valence-corrected chi connectivity index (χ0v) is 11.6. The predicted octanol–water partition coefficient (Wildman–Crippen LogP) is 1.81. The number of esters is 1. The Morgan fingerprint density at radius 3 is 2.74 bits per heavy atom. The van der Waals surface area contributed by atoms with Crippen molar-refractivity contribution in [2.75, 3.05) is 0 Å². The molecule has 0 aromatic heterocycles. The van der Waals surface area contributed by atoms with E-state index in [1.54, 1.807) is 0 Å². The molecule has 0 aromatic carbocycles. The fourth-order valence-corrected chi connectivity index (χ4v) is 4.02. The molecule has 2 heterocycles. The van der Waals surface area contributed by atoms with Crippen molar-refractivity contribution in [2.45, 2.75) is 63.4 Å². The van der Waals surface area contributed by atoms with Crippen LogP contribution in [0.15, 0.2) is 12.2 Å². The Morgan fingerprint density at radius 2 is 2.11 bits per heavy atom. The topological polar surface area (TPSA) is 55.8 Å². The van der Waals surface area contributed by atoms with Crippen LogP contribution < -0.4 is 0 Å². The summed E-state index contributed by atoms with van der Waals surface area (Å²) in [6, 6.07) is 0. The van der Waals surface area contributed by atoms with Gasteiger partial charge in [0.1, 0.15) is 6.10 Å². The summed E-state index contributed by atoms with van der Waals surface area (Å²) in [4.78, 5) is 11.6. The van der Waals surface area contributed by atoms with E-state index >= 15 is 0 Å². The predicted molar refractivity (Wildman–Crippen MR) is 69.4 cm³/mol. The van der Waals surface area contributed by atoms with Gasteiger partial charge in [-0.2, -0.15) is 0 Å². The zero-order valence-electron chi connectivity index (χ0n) is 11.6. The van der Waals surface area contributed by atoms with Crippen LogP contribution in [0.5, 0.6) is 0 Å². The quantitative estimate of drug-likeness (QED) is 0.536. The third-order valence-electron chi connectivity index (χ3n) is 5.24. The van der Waals surface area contributed by atoms with Crippen molar-refractivity contribution in [2.24, 2.45) is 11.8 Å². The molecule has 106 valence electrons. The first kappa shape index (κ1) is 13.1. The molecule has 4 nitrogen and oxygen atoms in total. The summed E-state index contributed by atoms with van der Waals surface area (Å²) < 4.78 is 11.5. The van der Waals surface area contributed by atoms with E-state index in [1.807, 2.05) is 0 Å². The summed E-state index contributed by atoms with van der Waals surface area (Å²) in [6.07, 6.45) is 2.65. The Hall–Kier alpha value is -0.870. The molecule has 1 N–H and O–H groups in total. The Kier molecular flexibility index (Phi) is 2.98. The molecular formula is C15H22O4. The van der Waals surface area contributed by atoms with Crippen LogP contribution in [0.25, 0.3) is 0 Å². The molecule has 0 unspecified atom stereocenters. The van der Waals surface area contributed by atoms with Crippen LogP contribution in [-0.4, -0.2) is 35.0 Å². The molecule has 0 aromatic rings. The second-order valence-electron chi connectivity index (χ2n) is 6.39. The SMILES string of the molecule is C=C1C(=O)O[C@@H]2C[C@H](C)[C@@]3(CC[C@H](C)O3)[C@H](O)C[C@H]12. The molecule has 3 fully saturated rings. The van der Waals surface area contributed by atoms with Gasteiger partial charge in [0.05, 0.1) is 17.8 Å². The van der Waals surface area contributed by atoms with Crippen molar-refractivity contribution in [3.8, 4) is 0 Å². The molecule has 1 spiro atoms. The lowest BCUT2D eigenvalue weighted by molar-refractivity contribution is -0.147. The van der Waals surface area contributed by atoms with Gasteiger partial charge in [-0.25, -0.2) is 4.79 Å². The molecule has 6 atom stereocenters. The number of aliphatic hydroxyl groups is 1. The highest BCUT2D eigenvalue weighted by molar-refractivity contribution is 5.90. The van der Waals surface area contributed by atoms with E-state index < -0.39 is 11.7 Å². The van der Waals surface area contributed by atoms with Gasteiger partial charge in [-0.1, -0.05) is 13.5 Å². The highest BCUT2D eigenvalue weighted by Crippen LogP contribution is 2.49. The third kappa shape index (κ3) is 1.84. The molecule has 4 heteroatoms. The number of aliphatic hydroxyl groups excluding tert-OH is 1. The highest BCUT2D eigenvalue weighted by atomic mass is 16.6. The number of carbonyl (C=O) groups is 1. The van der Waals surface area contributed by atoms with Crippen molar-refractivity contribution < 1.29 is 19.4 Å². The highest BCUT2D eigenvalue weighted by Gasteiger charge is 2.55. The maximum absolute atomic E-state index is 11.6. The van der Waals surface area contributed by atoms with Gasteiger partial charge in [0, 0.05) is 11.5 Å². The van der Waals surface area contributed by atoms with Crippen molar-refractivity contribution in [1.82, 2.24) is 0 Å². The molecule has 3 rings (SSSR count). The first-order chi connectivity index (χ1) is 8.94. The van der Waals surface area contributed by atoms with E-state index in [-0.39, 0.29) is 30.0 Å². The minimum Gasteiger partial charge on any atom is -0.458 e. The van der Waals surface area contributed by atoms with Gasteiger partial charge in [0.25, 0.3) is 0 Å². The van der Waals surface area contributed by atoms with E-state index in [2.05, 4.69) is 20.4 Å². The van der Waals surface area contributed by atoms with Crippen molar-refractivity contribution >= 4 is 5.97 Å². The number of hydrogen-bond acceptors (Lipinski definition) is 4. The Labute approximate surface area is 113 Å². The largest absolute Gasteiger partial charge is 0.458 e. The van der Waals surface area contributed by atoms with Gasteiger partial charge in [-0.15, -0.1) is 0 Å². The number of carbonyl (C=O) groups excluding carboxylic acids is 1. The summed E-state index contributed by atoms with van der Waals surface area (Å²) in [5, 5.41) is 10.6. The Balaban J connectivity index is 1.89. The van der Waals surface area contributed by atoms with Crippen molar-refractivity contribution in [1.29, 1.82) is 0 Å². The standard InChI is InChI=1S/C15H22O4/c1-8-6-12-11(10(3)14(17)18-12)7-13(16)15(8)5-4-9(2)19-15/h8-9,11-13,16H,3-7H2,1-2H3/t8-,9-,11+,12+,13+,15-/m0/s1. The van der Waals surface area contributed by atoms with Crippen LogP contribution >= 0.6 is 0 Å². The van der Waals surface area contributed by atoms with Gasteiger partial charge in [0.15, 0.2) is 0 Å². The zero-order chi connectivity index (χ0) is 13.8. The first-order valence-electron chi connectivity index (χ1n) is 7.19. The van der Waals surface area contributed by atoms with E-state index in [0.717, 1.165) is 19.3 Å². The van der Waals surface area contributed by atoms with Gasteiger partial charge in [-0.05, 0) is 38.5 Å². The molecule has 2 aliphatic heterocycles. The summed E-state index contributed by atoms with van der Waals surface area (Å²) in [5.41, 5.74) is 0.0514. The minimum atomic E-state index is -0.548. The Bertz CT molecular complexity index is 418. The van der Waals surface area contributed by atoms with Gasteiger partial charge < -0.3 is 14.6 Å². The van der Waals surface area contributed by atoms with Crippen molar-refractivity contribution in [3.05, 3.63) is 12.2 Å². The molecule has 1 aliphatic carbocycles. The second-order valence-corrected chi connectivity index (χ2v) is 6.39. The van der Waals surface area contributed by atoms with Crippen LogP contribution in [0.3, 0.4) is 0 Å². The van der Waals surface area contributed by atoms with Crippen LogP contribution in [0.1, 0.15) is 39.5 Å². The lowest BCUT2D eigenvalue weighted by Gasteiger charge is -2.38. The molecule has 3 aliphatic rings. The summed E-state index contributed by atoms with van der Waals surface area (Å²) >= 11 is 0. The van der Waals surface area contributed by atoms with E-state index in [0.29, 0.717) is 12.0 Å². The number of rotatable bonds is 0.